The van der Waals surface area contributed by atoms with Gasteiger partial charge in [-0.05, 0) is 60.2 Å². The molecule has 4 nitrogen and oxygen atoms in total. The highest BCUT2D eigenvalue weighted by Crippen LogP contribution is 2.27. The molecule has 0 aliphatic carbocycles. The summed E-state index contributed by atoms with van der Waals surface area (Å²) in [6, 6.07) is 6.23. The van der Waals surface area contributed by atoms with Crippen molar-refractivity contribution in [3.63, 3.8) is 0 Å². The number of benzene rings is 1. The molecular formula is C17H28N2O2. The average Bonchev–Trinajstić information content (AvgIpc) is 2.36. The van der Waals surface area contributed by atoms with E-state index in [2.05, 4.69) is 23.6 Å². The van der Waals surface area contributed by atoms with E-state index in [0.717, 1.165) is 16.9 Å². The summed E-state index contributed by atoms with van der Waals surface area (Å²) in [4.78, 5) is 12.1. The highest BCUT2D eigenvalue weighted by Gasteiger charge is 2.22. The lowest BCUT2D eigenvalue weighted by Crippen LogP contribution is -2.46. The molecule has 2 atom stereocenters. The molecule has 0 aromatic heterocycles. The SMILES string of the molecule is CNC(C)c1ccc(C)cc1OC(C)C(=O)NC(C)(C)C. The van der Waals surface area contributed by atoms with Crippen LogP contribution in [0.5, 0.6) is 5.75 Å². The smallest absolute Gasteiger partial charge is 0.261 e. The first-order valence-corrected chi connectivity index (χ1v) is 7.40. The summed E-state index contributed by atoms with van der Waals surface area (Å²) in [5, 5.41) is 6.14. The van der Waals surface area contributed by atoms with Crippen LogP contribution in [0.2, 0.25) is 0 Å². The number of ether oxygens (including phenoxy) is 1. The zero-order valence-electron chi connectivity index (χ0n) is 14.2. The predicted octanol–water partition coefficient (Wildman–Crippen LogP) is 2.96. The summed E-state index contributed by atoms with van der Waals surface area (Å²) in [6.07, 6.45) is -0.533. The molecule has 1 amide bonds. The zero-order chi connectivity index (χ0) is 16.2. The molecule has 1 aromatic rings. The van der Waals surface area contributed by atoms with Crippen molar-refractivity contribution in [3.05, 3.63) is 29.3 Å². The second kappa shape index (κ2) is 6.94. The zero-order valence-corrected chi connectivity index (χ0v) is 14.2. The Labute approximate surface area is 128 Å². The van der Waals surface area contributed by atoms with Gasteiger partial charge in [0, 0.05) is 17.1 Å². The van der Waals surface area contributed by atoms with Gasteiger partial charge in [-0.3, -0.25) is 4.79 Å². The molecule has 2 N–H and O–H groups in total. The highest BCUT2D eigenvalue weighted by molar-refractivity contribution is 5.81. The Hall–Kier alpha value is -1.55. The Balaban J connectivity index is 2.91. The monoisotopic (exact) mass is 292 g/mol. The van der Waals surface area contributed by atoms with Crippen LogP contribution >= 0.6 is 0 Å². The fraction of sp³-hybridized carbons (Fsp3) is 0.588. The Kier molecular flexibility index (Phi) is 5.78. The van der Waals surface area contributed by atoms with Gasteiger partial charge in [-0.1, -0.05) is 12.1 Å². The largest absolute Gasteiger partial charge is 0.481 e. The lowest BCUT2D eigenvalue weighted by atomic mass is 10.0. The van der Waals surface area contributed by atoms with Crippen molar-refractivity contribution in [2.45, 2.75) is 59.2 Å². The van der Waals surface area contributed by atoms with E-state index >= 15 is 0 Å². The number of hydrogen-bond acceptors (Lipinski definition) is 3. The number of amides is 1. The van der Waals surface area contributed by atoms with Gasteiger partial charge in [-0.2, -0.15) is 0 Å². The second-order valence-corrected chi connectivity index (χ2v) is 6.55. The van der Waals surface area contributed by atoms with Crippen LogP contribution in [-0.2, 0) is 4.79 Å². The van der Waals surface area contributed by atoms with Gasteiger partial charge in [0.2, 0.25) is 0 Å². The fourth-order valence-electron chi connectivity index (χ4n) is 1.97. The van der Waals surface area contributed by atoms with E-state index in [9.17, 15) is 4.79 Å². The first-order chi connectivity index (χ1) is 9.64. The van der Waals surface area contributed by atoms with Crippen molar-refractivity contribution < 1.29 is 9.53 Å². The van der Waals surface area contributed by atoms with Crippen molar-refractivity contribution in [3.8, 4) is 5.75 Å². The molecule has 0 radical (unpaired) electrons. The molecule has 0 spiro atoms. The van der Waals surface area contributed by atoms with Crippen molar-refractivity contribution in [2.75, 3.05) is 7.05 Å². The van der Waals surface area contributed by atoms with E-state index in [-0.39, 0.29) is 17.5 Å². The van der Waals surface area contributed by atoms with Crippen LogP contribution in [0, 0.1) is 6.92 Å². The molecule has 21 heavy (non-hydrogen) atoms. The minimum Gasteiger partial charge on any atom is -0.481 e. The van der Waals surface area contributed by atoms with E-state index in [1.807, 2.05) is 46.9 Å². The summed E-state index contributed by atoms with van der Waals surface area (Å²) in [5.41, 5.74) is 1.90. The van der Waals surface area contributed by atoms with Crippen molar-refractivity contribution in [2.24, 2.45) is 0 Å². The lowest BCUT2D eigenvalue weighted by molar-refractivity contribution is -0.128. The molecule has 0 fully saturated rings. The van der Waals surface area contributed by atoms with Gasteiger partial charge in [0.05, 0.1) is 0 Å². The number of carbonyl (C=O) groups is 1. The van der Waals surface area contributed by atoms with Crippen LogP contribution in [0.1, 0.15) is 51.8 Å². The van der Waals surface area contributed by atoms with E-state index in [0.29, 0.717) is 0 Å². The van der Waals surface area contributed by atoms with Gasteiger partial charge in [0.25, 0.3) is 5.91 Å². The topological polar surface area (TPSA) is 50.4 Å². The van der Waals surface area contributed by atoms with Gasteiger partial charge in [0.1, 0.15) is 5.75 Å². The number of rotatable bonds is 5. The molecule has 1 rings (SSSR count). The summed E-state index contributed by atoms with van der Waals surface area (Å²) >= 11 is 0. The maximum absolute atomic E-state index is 12.1. The molecular weight excluding hydrogens is 264 g/mol. The summed E-state index contributed by atoms with van der Waals surface area (Å²) in [7, 11) is 1.91. The van der Waals surface area contributed by atoms with Crippen molar-refractivity contribution in [1.29, 1.82) is 0 Å². The van der Waals surface area contributed by atoms with E-state index < -0.39 is 6.10 Å². The molecule has 1 aromatic carbocycles. The fourth-order valence-corrected chi connectivity index (χ4v) is 1.97. The molecule has 0 aliphatic rings. The Bertz CT molecular complexity index is 492. The van der Waals surface area contributed by atoms with Crippen LogP contribution < -0.4 is 15.4 Å². The third kappa shape index (κ3) is 5.38. The molecule has 0 aliphatic heterocycles. The highest BCUT2D eigenvalue weighted by atomic mass is 16.5. The molecule has 0 saturated heterocycles. The van der Waals surface area contributed by atoms with E-state index in [1.54, 1.807) is 6.92 Å². The molecule has 0 bridgehead atoms. The summed E-state index contributed by atoms with van der Waals surface area (Å²) < 4.78 is 5.90. The molecule has 118 valence electrons. The van der Waals surface area contributed by atoms with Crippen LogP contribution in [-0.4, -0.2) is 24.6 Å². The summed E-state index contributed by atoms with van der Waals surface area (Å²) in [6.45, 7) is 11.7. The van der Waals surface area contributed by atoms with Gasteiger partial charge in [-0.15, -0.1) is 0 Å². The lowest BCUT2D eigenvalue weighted by Gasteiger charge is -2.25. The molecule has 2 unspecified atom stereocenters. The van der Waals surface area contributed by atoms with E-state index in [4.69, 9.17) is 4.74 Å². The Morgan fingerprint density at radius 3 is 2.38 bits per heavy atom. The second-order valence-electron chi connectivity index (χ2n) is 6.55. The quantitative estimate of drug-likeness (QED) is 0.877. The normalized spacial score (nSPS) is 14.4. The Morgan fingerprint density at radius 1 is 1.24 bits per heavy atom. The number of hydrogen-bond donors (Lipinski definition) is 2. The van der Waals surface area contributed by atoms with Crippen LogP contribution in [0.25, 0.3) is 0 Å². The van der Waals surface area contributed by atoms with Crippen LogP contribution in [0.4, 0.5) is 0 Å². The van der Waals surface area contributed by atoms with Gasteiger partial charge in [-0.25, -0.2) is 0 Å². The van der Waals surface area contributed by atoms with E-state index in [1.165, 1.54) is 0 Å². The maximum atomic E-state index is 12.1. The van der Waals surface area contributed by atoms with Gasteiger partial charge >= 0.3 is 0 Å². The first kappa shape index (κ1) is 17.5. The standard InChI is InChI=1S/C17H28N2O2/c1-11-8-9-14(12(2)18-7)15(10-11)21-13(3)16(20)19-17(4,5)6/h8-10,12-13,18H,1-7H3,(H,19,20). The van der Waals surface area contributed by atoms with Crippen LogP contribution in [0.3, 0.4) is 0 Å². The van der Waals surface area contributed by atoms with Gasteiger partial charge in [0.15, 0.2) is 6.10 Å². The molecule has 4 heteroatoms. The molecule has 0 saturated carbocycles. The average molecular weight is 292 g/mol. The van der Waals surface area contributed by atoms with Gasteiger partial charge < -0.3 is 15.4 Å². The minimum atomic E-state index is -0.533. The van der Waals surface area contributed by atoms with Crippen molar-refractivity contribution in [1.82, 2.24) is 10.6 Å². The minimum absolute atomic E-state index is 0.105. The van der Waals surface area contributed by atoms with Crippen LogP contribution in [0.15, 0.2) is 18.2 Å². The first-order valence-electron chi connectivity index (χ1n) is 7.40. The molecule has 0 heterocycles. The number of nitrogens with one attached hydrogen (secondary N) is 2. The maximum Gasteiger partial charge on any atom is 0.261 e. The van der Waals surface area contributed by atoms with Crippen molar-refractivity contribution >= 4 is 5.91 Å². The number of carbonyl (C=O) groups excluding carboxylic acids is 1. The third-order valence-corrected chi connectivity index (χ3v) is 3.24. The third-order valence-electron chi connectivity index (χ3n) is 3.24. The summed E-state index contributed by atoms with van der Waals surface area (Å²) in [5.74, 6) is 0.653. The number of aryl methyl sites for hydroxylation is 1. The Morgan fingerprint density at radius 2 is 1.86 bits per heavy atom. The predicted molar refractivity (Wildman–Crippen MR) is 86.6 cm³/mol.